The van der Waals surface area contributed by atoms with Crippen molar-refractivity contribution in [2.75, 3.05) is 30.8 Å². The van der Waals surface area contributed by atoms with Gasteiger partial charge >= 0.3 is 0 Å². The molecule has 1 heterocycles. The van der Waals surface area contributed by atoms with Gasteiger partial charge in [0.1, 0.15) is 5.75 Å². The molecule has 0 fully saturated rings. The van der Waals surface area contributed by atoms with Crippen LogP contribution in [0.2, 0.25) is 0 Å². The van der Waals surface area contributed by atoms with Gasteiger partial charge in [0.2, 0.25) is 11.8 Å². The van der Waals surface area contributed by atoms with Crippen molar-refractivity contribution in [2.24, 2.45) is 0 Å². The quantitative estimate of drug-likeness (QED) is 0.323. The Hall–Kier alpha value is -4.43. The molecule has 2 N–H and O–H groups in total. The third-order valence-electron chi connectivity index (χ3n) is 5.87. The maximum Gasteiger partial charge on any atom is 0.238 e. The number of carbonyl (C=O) groups is 2. The zero-order valence-corrected chi connectivity index (χ0v) is 21.3. The second kappa shape index (κ2) is 12.0. The van der Waals surface area contributed by atoms with Crippen LogP contribution in [0.4, 0.5) is 11.4 Å². The summed E-state index contributed by atoms with van der Waals surface area (Å²) in [6.07, 6.45) is 2.02. The minimum atomic E-state index is -0.139. The lowest BCUT2D eigenvalue weighted by atomic mass is 10.1. The lowest BCUT2D eigenvalue weighted by Gasteiger charge is -2.20. The number of amides is 2. The maximum atomic E-state index is 12.8. The number of carbonyl (C=O) groups excluding carboxylic acids is 2. The summed E-state index contributed by atoms with van der Waals surface area (Å²) in [4.78, 5) is 26.1. The molecule has 0 radical (unpaired) electrons. The van der Waals surface area contributed by atoms with Crippen LogP contribution in [0.3, 0.4) is 0 Å². The molecule has 0 unspecified atom stereocenters. The van der Waals surface area contributed by atoms with E-state index in [1.165, 1.54) is 6.92 Å². The van der Waals surface area contributed by atoms with Gasteiger partial charge in [-0.3, -0.25) is 14.5 Å². The largest absolute Gasteiger partial charge is 0.497 e. The van der Waals surface area contributed by atoms with Crippen LogP contribution >= 0.6 is 0 Å². The fourth-order valence-corrected chi connectivity index (χ4v) is 3.99. The van der Waals surface area contributed by atoms with Crippen molar-refractivity contribution in [3.63, 3.8) is 0 Å². The summed E-state index contributed by atoms with van der Waals surface area (Å²) in [5, 5.41) is 10.5. The fraction of sp³-hybridized carbons (Fsp3) is 0.207. The van der Waals surface area contributed by atoms with Crippen molar-refractivity contribution in [1.29, 1.82) is 0 Å². The Morgan fingerprint density at radius 3 is 2.16 bits per heavy atom. The van der Waals surface area contributed by atoms with E-state index in [9.17, 15) is 9.59 Å². The summed E-state index contributed by atoms with van der Waals surface area (Å²) in [6, 6.07) is 24.8. The summed E-state index contributed by atoms with van der Waals surface area (Å²) in [7, 11) is 1.64. The Morgan fingerprint density at radius 2 is 1.57 bits per heavy atom. The zero-order valence-electron chi connectivity index (χ0n) is 21.3. The Labute approximate surface area is 216 Å². The number of benzene rings is 3. The summed E-state index contributed by atoms with van der Waals surface area (Å²) >= 11 is 0. The van der Waals surface area contributed by atoms with Crippen molar-refractivity contribution >= 4 is 23.2 Å². The van der Waals surface area contributed by atoms with Crippen LogP contribution in [0, 0.1) is 0 Å². The molecule has 8 heteroatoms. The topological polar surface area (TPSA) is 88.5 Å². The summed E-state index contributed by atoms with van der Waals surface area (Å²) in [5.74, 6) is 0.528. The molecule has 190 valence electrons. The highest BCUT2D eigenvalue weighted by molar-refractivity contribution is 5.93. The number of nitrogens with one attached hydrogen (secondary N) is 2. The number of para-hydroxylation sites is 1. The molecule has 4 aromatic rings. The van der Waals surface area contributed by atoms with E-state index in [0.717, 1.165) is 28.3 Å². The number of ether oxygens (including phenoxy) is 1. The predicted octanol–water partition coefficient (Wildman–Crippen LogP) is 4.97. The molecule has 0 spiro atoms. The number of methoxy groups -OCH3 is 1. The fourth-order valence-electron chi connectivity index (χ4n) is 3.99. The van der Waals surface area contributed by atoms with Gasteiger partial charge in [0.25, 0.3) is 0 Å². The average Bonchev–Trinajstić information content (AvgIpc) is 3.33. The lowest BCUT2D eigenvalue weighted by Crippen LogP contribution is -2.32. The van der Waals surface area contributed by atoms with E-state index in [4.69, 9.17) is 9.84 Å². The van der Waals surface area contributed by atoms with Crippen molar-refractivity contribution in [1.82, 2.24) is 14.7 Å². The Morgan fingerprint density at radius 1 is 0.919 bits per heavy atom. The van der Waals surface area contributed by atoms with Crippen molar-refractivity contribution in [3.8, 4) is 22.7 Å². The molecule has 0 aliphatic heterocycles. The van der Waals surface area contributed by atoms with Gasteiger partial charge in [-0.05, 0) is 67.2 Å². The molecule has 0 bridgehead atoms. The molecule has 37 heavy (non-hydrogen) atoms. The first-order chi connectivity index (χ1) is 17.9. The minimum Gasteiger partial charge on any atom is -0.497 e. The first-order valence-electron chi connectivity index (χ1n) is 12.1. The smallest absolute Gasteiger partial charge is 0.238 e. The van der Waals surface area contributed by atoms with Crippen LogP contribution in [0.15, 0.2) is 85.1 Å². The van der Waals surface area contributed by atoms with Gasteiger partial charge in [-0.25, -0.2) is 4.68 Å². The zero-order chi connectivity index (χ0) is 26.2. The highest BCUT2D eigenvalue weighted by Crippen LogP contribution is 2.27. The maximum absolute atomic E-state index is 12.8. The molecular formula is C29H31N5O3. The van der Waals surface area contributed by atoms with Crippen molar-refractivity contribution < 1.29 is 14.3 Å². The lowest BCUT2D eigenvalue weighted by molar-refractivity contribution is -0.117. The number of aromatic nitrogens is 2. The standard InChI is InChI=1S/C29H31N5O3/c1-4-33(20-28(36)31-25-14-12-24(13-15-25)30-21(2)35)18-23-19-34(26-8-6-5-7-9-26)32-29(23)22-10-16-27(37-3)17-11-22/h5-17,19H,4,18,20H2,1-3H3,(H,30,35)(H,31,36). The number of hydrogen-bond donors (Lipinski definition) is 2. The SMILES string of the molecule is CCN(CC(=O)Nc1ccc(NC(C)=O)cc1)Cc1cn(-c2ccccc2)nc1-c1ccc(OC)cc1. The van der Waals surface area contributed by atoms with Crippen molar-refractivity contribution in [3.05, 3.63) is 90.6 Å². The number of nitrogens with zero attached hydrogens (tertiary/aromatic N) is 3. The Balaban J connectivity index is 1.51. The van der Waals surface area contributed by atoms with E-state index in [0.29, 0.717) is 24.5 Å². The van der Waals surface area contributed by atoms with Crippen molar-refractivity contribution in [2.45, 2.75) is 20.4 Å². The number of rotatable bonds is 10. The first-order valence-corrected chi connectivity index (χ1v) is 12.1. The predicted molar refractivity (Wildman–Crippen MR) is 146 cm³/mol. The number of likely N-dealkylation sites (N-methyl/N-ethyl adjacent to an activating group) is 1. The third-order valence-corrected chi connectivity index (χ3v) is 5.87. The molecule has 2 amide bonds. The Bertz CT molecular complexity index is 1330. The van der Waals surface area contributed by atoms with E-state index in [2.05, 4.69) is 15.5 Å². The summed E-state index contributed by atoms with van der Waals surface area (Å²) < 4.78 is 7.19. The van der Waals surface area contributed by atoms with Crippen LogP contribution in [0.1, 0.15) is 19.4 Å². The average molecular weight is 498 g/mol. The van der Waals surface area contributed by atoms with Gasteiger partial charge in [-0.1, -0.05) is 25.1 Å². The highest BCUT2D eigenvalue weighted by atomic mass is 16.5. The van der Waals surface area contributed by atoms with E-state index < -0.39 is 0 Å². The third kappa shape index (κ3) is 6.83. The number of hydrogen-bond acceptors (Lipinski definition) is 5. The molecule has 0 aliphatic rings. The Kier molecular flexibility index (Phi) is 8.33. The number of anilines is 2. The van der Waals surface area contributed by atoms with Crippen LogP contribution in [-0.2, 0) is 16.1 Å². The van der Waals surface area contributed by atoms with Crippen LogP contribution in [0.5, 0.6) is 5.75 Å². The highest BCUT2D eigenvalue weighted by Gasteiger charge is 2.17. The van der Waals surface area contributed by atoms with Gasteiger partial charge < -0.3 is 15.4 Å². The second-order valence-corrected chi connectivity index (χ2v) is 8.62. The van der Waals surface area contributed by atoms with E-state index in [1.807, 2.05) is 72.4 Å². The summed E-state index contributed by atoms with van der Waals surface area (Å²) in [5.41, 5.74) is 5.17. The normalized spacial score (nSPS) is 10.8. The van der Waals surface area contributed by atoms with Crippen LogP contribution < -0.4 is 15.4 Å². The molecule has 4 rings (SSSR count). The van der Waals surface area contributed by atoms with Crippen LogP contribution in [0.25, 0.3) is 16.9 Å². The molecule has 3 aromatic carbocycles. The first kappa shape index (κ1) is 25.7. The molecule has 0 saturated carbocycles. The summed E-state index contributed by atoms with van der Waals surface area (Å²) in [6.45, 7) is 4.96. The molecule has 0 atom stereocenters. The van der Waals surface area contributed by atoms with Gasteiger partial charge in [0, 0.05) is 42.2 Å². The monoisotopic (exact) mass is 497 g/mol. The van der Waals surface area contributed by atoms with Gasteiger partial charge in [0.15, 0.2) is 0 Å². The molecule has 8 nitrogen and oxygen atoms in total. The molecule has 0 aliphatic carbocycles. The molecular weight excluding hydrogens is 466 g/mol. The van der Waals surface area contributed by atoms with E-state index in [-0.39, 0.29) is 18.4 Å². The molecule has 0 saturated heterocycles. The van der Waals surface area contributed by atoms with Gasteiger partial charge in [0.05, 0.1) is 25.0 Å². The minimum absolute atomic E-state index is 0.115. The van der Waals surface area contributed by atoms with E-state index in [1.54, 1.807) is 31.4 Å². The molecule has 1 aromatic heterocycles. The van der Waals surface area contributed by atoms with E-state index >= 15 is 0 Å². The second-order valence-electron chi connectivity index (χ2n) is 8.62. The van der Waals surface area contributed by atoms with Gasteiger partial charge in [-0.2, -0.15) is 5.10 Å². The van der Waals surface area contributed by atoms with Gasteiger partial charge in [-0.15, -0.1) is 0 Å². The van der Waals surface area contributed by atoms with Crippen LogP contribution in [-0.4, -0.2) is 46.7 Å².